The van der Waals surface area contributed by atoms with Crippen LogP contribution in [0.5, 0.6) is 0 Å². The van der Waals surface area contributed by atoms with Gasteiger partial charge in [-0.2, -0.15) is 0 Å². The summed E-state index contributed by atoms with van der Waals surface area (Å²) in [4.78, 5) is 23.7. The highest BCUT2D eigenvalue weighted by atomic mass is 16.7. The maximum absolute atomic E-state index is 12.5. The normalized spacial score (nSPS) is 20.8. The highest BCUT2D eigenvalue weighted by molar-refractivity contribution is 5.94. The fourth-order valence-corrected chi connectivity index (χ4v) is 3.07. The first kappa shape index (κ1) is 20.4. The lowest BCUT2D eigenvalue weighted by Gasteiger charge is -2.25. The van der Waals surface area contributed by atoms with Gasteiger partial charge in [-0.1, -0.05) is 31.5 Å². The summed E-state index contributed by atoms with van der Waals surface area (Å²) >= 11 is 0. The fourth-order valence-electron chi connectivity index (χ4n) is 3.07. The maximum Gasteiger partial charge on any atom is 0.304 e. The van der Waals surface area contributed by atoms with Crippen molar-refractivity contribution in [3.8, 4) is 0 Å². The van der Waals surface area contributed by atoms with Crippen LogP contribution < -0.4 is 10.6 Å². The van der Waals surface area contributed by atoms with Crippen molar-refractivity contribution < 1.29 is 19.1 Å². The van der Waals surface area contributed by atoms with Crippen LogP contribution in [0.3, 0.4) is 0 Å². The van der Waals surface area contributed by atoms with E-state index in [0.717, 1.165) is 18.4 Å². The minimum Gasteiger partial charge on any atom is -0.434 e. The van der Waals surface area contributed by atoms with Crippen molar-refractivity contribution in [3.05, 3.63) is 35.4 Å². The van der Waals surface area contributed by atoms with Gasteiger partial charge in [0.25, 0.3) is 5.91 Å². The van der Waals surface area contributed by atoms with Crippen molar-refractivity contribution >= 4 is 11.9 Å². The highest BCUT2D eigenvalue weighted by Gasteiger charge is 2.31. The second-order valence-corrected chi connectivity index (χ2v) is 7.32. The van der Waals surface area contributed by atoms with Crippen LogP contribution in [0.25, 0.3) is 0 Å². The van der Waals surface area contributed by atoms with Crippen LogP contribution in [0.4, 0.5) is 0 Å². The molecule has 1 aromatic rings. The molecule has 1 fully saturated rings. The monoisotopic (exact) mass is 362 g/mol. The summed E-state index contributed by atoms with van der Waals surface area (Å²) in [6.07, 6.45) is 1.08. The molecule has 1 aromatic carbocycles. The fraction of sp³-hybridized carbons (Fsp3) is 0.600. The number of nitrogens with one attached hydrogen (secondary N) is 2. The van der Waals surface area contributed by atoms with Gasteiger partial charge in [-0.15, -0.1) is 0 Å². The first-order chi connectivity index (χ1) is 12.3. The molecule has 1 aliphatic rings. The predicted molar refractivity (Wildman–Crippen MR) is 99.8 cm³/mol. The molecule has 26 heavy (non-hydrogen) atoms. The van der Waals surface area contributed by atoms with Crippen LogP contribution in [0.15, 0.2) is 24.3 Å². The standard InChI is InChI=1S/C20H30N2O4/c1-13(2)11-17(22-19(24)16-7-5-14(3)6-8-16)12-21-18-9-10-25-20(18)26-15(4)23/h5-8,13,17-18,20-21H,9-12H2,1-4H3,(H,22,24)/t17-,18+,20+/m1/s1. The Kier molecular flexibility index (Phi) is 7.60. The third-order valence-corrected chi connectivity index (χ3v) is 4.35. The number of rotatable bonds is 8. The van der Waals surface area contributed by atoms with E-state index >= 15 is 0 Å². The lowest BCUT2D eigenvalue weighted by molar-refractivity contribution is -0.170. The quantitative estimate of drug-likeness (QED) is 0.695. The van der Waals surface area contributed by atoms with Gasteiger partial charge in [-0.3, -0.25) is 9.59 Å². The van der Waals surface area contributed by atoms with Gasteiger partial charge in [-0.05, 0) is 37.8 Å². The predicted octanol–water partition coefficient (Wildman–Crippen LogP) is 2.41. The Balaban J connectivity index is 1.93. The molecular weight excluding hydrogens is 332 g/mol. The smallest absolute Gasteiger partial charge is 0.304 e. The second-order valence-electron chi connectivity index (χ2n) is 7.32. The molecule has 2 rings (SSSR count). The first-order valence-corrected chi connectivity index (χ1v) is 9.25. The van der Waals surface area contributed by atoms with E-state index in [1.54, 1.807) is 0 Å². The molecule has 1 heterocycles. The molecule has 1 aliphatic heterocycles. The van der Waals surface area contributed by atoms with Crippen molar-refractivity contribution in [2.24, 2.45) is 5.92 Å². The van der Waals surface area contributed by atoms with Crippen molar-refractivity contribution in [1.82, 2.24) is 10.6 Å². The van der Waals surface area contributed by atoms with Gasteiger partial charge in [0, 0.05) is 25.1 Å². The molecular formula is C20H30N2O4. The molecule has 1 amide bonds. The van der Waals surface area contributed by atoms with Gasteiger partial charge in [-0.25, -0.2) is 0 Å². The summed E-state index contributed by atoms with van der Waals surface area (Å²) in [7, 11) is 0. The third-order valence-electron chi connectivity index (χ3n) is 4.35. The average molecular weight is 362 g/mol. The largest absolute Gasteiger partial charge is 0.434 e. The Bertz CT molecular complexity index is 600. The second kappa shape index (κ2) is 9.69. The van der Waals surface area contributed by atoms with Crippen molar-refractivity contribution in [2.75, 3.05) is 13.2 Å². The minimum absolute atomic E-state index is 0.0117. The van der Waals surface area contributed by atoms with E-state index in [4.69, 9.17) is 9.47 Å². The topological polar surface area (TPSA) is 76.7 Å². The molecule has 0 aromatic heterocycles. The molecule has 0 unspecified atom stereocenters. The van der Waals surface area contributed by atoms with Gasteiger partial charge in [0.05, 0.1) is 12.6 Å². The Morgan fingerprint density at radius 3 is 2.58 bits per heavy atom. The molecule has 6 nitrogen and oxygen atoms in total. The zero-order valence-electron chi connectivity index (χ0n) is 16.1. The maximum atomic E-state index is 12.5. The molecule has 0 aliphatic carbocycles. The number of benzene rings is 1. The van der Waals surface area contributed by atoms with Crippen molar-refractivity contribution in [3.63, 3.8) is 0 Å². The summed E-state index contributed by atoms with van der Waals surface area (Å²) in [5.41, 5.74) is 1.78. The summed E-state index contributed by atoms with van der Waals surface area (Å²) in [6, 6.07) is 7.49. The minimum atomic E-state index is -0.556. The number of amides is 1. The third kappa shape index (κ3) is 6.42. The van der Waals surface area contributed by atoms with Crippen molar-refractivity contribution in [1.29, 1.82) is 0 Å². The first-order valence-electron chi connectivity index (χ1n) is 9.25. The van der Waals surface area contributed by atoms with Gasteiger partial charge in [0.2, 0.25) is 6.29 Å². The van der Waals surface area contributed by atoms with Gasteiger partial charge in [0.15, 0.2) is 0 Å². The van der Waals surface area contributed by atoms with Crippen LogP contribution in [-0.4, -0.2) is 43.4 Å². The number of hydrogen-bond acceptors (Lipinski definition) is 5. The lowest BCUT2D eigenvalue weighted by atomic mass is 10.0. The van der Waals surface area contributed by atoms with Crippen LogP contribution in [-0.2, 0) is 14.3 Å². The molecule has 0 bridgehead atoms. The zero-order valence-corrected chi connectivity index (χ0v) is 16.1. The van der Waals surface area contributed by atoms with Gasteiger partial charge < -0.3 is 20.1 Å². The van der Waals surface area contributed by atoms with Crippen LogP contribution in [0.2, 0.25) is 0 Å². The molecule has 0 radical (unpaired) electrons. The van der Waals surface area contributed by atoms with E-state index < -0.39 is 6.29 Å². The number of ether oxygens (including phenoxy) is 2. The van der Waals surface area contributed by atoms with Crippen LogP contribution in [0, 0.1) is 12.8 Å². The Labute approximate surface area is 155 Å². The lowest BCUT2D eigenvalue weighted by Crippen LogP contribution is -2.48. The van der Waals surface area contributed by atoms with Crippen LogP contribution >= 0.6 is 0 Å². The molecule has 6 heteroatoms. The molecule has 2 N–H and O–H groups in total. The Morgan fingerprint density at radius 2 is 1.96 bits per heavy atom. The number of carbonyl (C=O) groups is 2. The van der Waals surface area contributed by atoms with E-state index in [-0.39, 0.29) is 24.0 Å². The number of aryl methyl sites for hydroxylation is 1. The summed E-state index contributed by atoms with van der Waals surface area (Å²) < 4.78 is 10.6. The average Bonchev–Trinajstić information content (AvgIpc) is 2.99. The highest BCUT2D eigenvalue weighted by Crippen LogP contribution is 2.16. The summed E-state index contributed by atoms with van der Waals surface area (Å²) in [5.74, 6) is 0.0241. The molecule has 144 valence electrons. The van der Waals surface area contributed by atoms with Crippen molar-refractivity contribution in [2.45, 2.75) is 58.9 Å². The number of carbonyl (C=O) groups excluding carboxylic acids is 2. The Morgan fingerprint density at radius 1 is 1.27 bits per heavy atom. The van der Waals surface area contributed by atoms with E-state index in [9.17, 15) is 9.59 Å². The van der Waals surface area contributed by atoms with Gasteiger partial charge in [0.1, 0.15) is 0 Å². The van der Waals surface area contributed by atoms with E-state index in [2.05, 4.69) is 24.5 Å². The summed E-state index contributed by atoms with van der Waals surface area (Å²) in [6.45, 7) is 8.79. The SMILES string of the molecule is CC(=O)O[C@@H]1OCC[C@@H]1NC[C@@H](CC(C)C)NC(=O)c1ccc(C)cc1. The summed E-state index contributed by atoms with van der Waals surface area (Å²) in [5, 5.41) is 6.51. The van der Waals surface area contributed by atoms with E-state index in [0.29, 0.717) is 24.6 Å². The van der Waals surface area contributed by atoms with E-state index in [1.165, 1.54) is 6.92 Å². The molecule has 1 saturated heterocycles. The molecule has 0 spiro atoms. The Hall–Kier alpha value is -1.92. The van der Waals surface area contributed by atoms with Gasteiger partial charge >= 0.3 is 5.97 Å². The van der Waals surface area contributed by atoms with E-state index in [1.807, 2.05) is 31.2 Å². The molecule has 0 saturated carbocycles. The van der Waals surface area contributed by atoms with Crippen LogP contribution in [0.1, 0.15) is 49.5 Å². The number of esters is 1. The molecule has 3 atom stereocenters. The zero-order chi connectivity index (χ0) is 19.1. The number of hydrogen-bond donors (Lipinski definition) is 2.